The van der Waals surface area contributed by atoms with Gasteiger partial charge in [-0.3, -0.25) is 19.3 Å². The number of nitrogens with two attached hydrogens (primary N) is 1. The van der Waals surface area contributed by atoms with Gasteiger partial charge in [0, 0.05) is 24.6 Å². The minimum absolute atomic E-state index is 0.0364. The van der Waals surface area contributed by atoms with Crippen LogP contribution in [-0.4, -0.2) is 45.2 Å². The number of aliphatic carboxylic acids is 1. The Bertz CT molecular complexity index is 644. The minimum atomic E-state index is -0.880. The Hall–Kier alpha value is -1.80. The van der Waals surface area contributed by atoms with Gasteiger partial charge in [-0.25, -0.2) is 0 Å². The molecule has 1 aliphatic carbocycles. The first kappa shape index (κ1) is 17.0. The molecule has 0 aromatic heterocycles. The fraction of sp³-hybridized carbons (Fsp3) is 0.562. The van der Waals surface area contributed by atoms with Crippen LogP contribution in [0.4, 0.5) is 0 Å². The number of rotatable bonds is 3. The number of hydrogen-bond acceptors (Lipinski definition) is 6. The number of ether oxygens (including phenoxy) is 1. The van der Waals surface area contributed by atoms with E-state index in [1.807, 2.05) is 0 Å². The van der Waals surface area contributed by atoms with Crippen molar-refractivity contribution >= 4 is 29.6 Å². The Morgan fingerprint density at radius 2 is 2.25 bits per heavy atom. The van der Waals surface area contributed by atoms with E-state index in [0.29, 0.717) is 19.3 Å². The molecule has 1 amide bonds. The third-order valence-electron chi connectivity index (χ3n) is 4.72. The molecule has 3 aliphatic rings. The van der Waals surface area contributed by atoms with Crippen LogP contribution in [0.15, 0.2) is 23.4 Å². The zero-order chi connectivity index (χ0) is 17.4. The largest absolute Gasteiger partial charge is 0.481 e. The van der Waals surface area contributed by atoms with E-state index in [0.717, 1.165) is 11.1 Å². The second-order valence-electron chi connectivity index (χ2n) is 6.27. The molecule has 2 fully saturated rings. The predicted molar refractivity (Wildman–Crippen MR) is 87.5 cm³/mol. The van der Waals surface area contributed by atoms with Gasteiger partial charge in [0.25, 0.3) is 5.91 Å². The molecule has 0 spiro atoms. The van der Waals surface area contributed by atoms with Gasteiger partial charge < -0.3 is 15.6 Å². The first-order chi connectivity index (χ1) is 11.4. The van der Waals surface area contributed by atoms with E-state index in [1.54, 1.807) is 17.2 Å². The smallest absolute Gasteiger partial charge is 0.306 e. The van der Waals surface area contributed by atoms with E-state index >= 15 is 0 Å². The second kappa shape index (κ2) is 6.60. The Balaban J connectivity index is 1.79. The van der Waals surface area contributed by atoms with Crippen LogP contribution < -0.4 is 5.73 Å². The normalized spacial score (nSPS) is 35.2. The number of esters is 1. The summed E-state index contributed by atoms with van der Waals surface area (Å²) in [5, 5.41) is 9.15. The number of carboxylic acid groups (broad SMARTS) is 1. The van der Waals surface area contributed by atoms with Gasteiger partial charge in [0.1, 0.15) is 5.37 Å². The SMILES string of the molecule is CC(=O)OCC1CC(=C2C(=O)N3C=CC(N)S[C@H]23)CCC1C(=O)O. The Kier molecular flexibility index (Phi) is 4.69. The number of fused-ring (bicyclic) bond motifs is 1. The molecule has 24 heavy (non-hydrogen) atoms. The average Bonchev–Trinajstić information content (AvgIpc) is 2.52. The van der Waals surface area contributed by atoms with Gasteiger partial charge in [0.2, 0.25) is 0 Å². The third kappa shape index (κ3) is 3.08. The molecule has 0 bridgehead atoms. The number of thioether (sulfide) groups is 1. The van der Waals surface area contributed by atoms with Gasteiger partial charge in [0.05, 0.1) is 17.9 Å². The molecular weight excluding hydrogens is 332 g/mol. The highest BCUT2D eigenvalue weighted by atomic mass is 32.2. The van der Waals surface area contributed by atoms with Crippen molar-refractivity contribution in [3.05, 3.63) is 23.4 Å². The highest BCUT2D eigenvalue weighted by molar-refractivity contribution is 8.01. The molecule has 3 rings (SSSR count). The maximum Gasteiger partial charge on any atom is 0.306 e. The number of carboxylic acids is 1. The maximum atomic E-state index is 12.4. The molecule has 130 valence electrons. The van der Waals surface area contributed by atoms with Gasteiger partial charge in [-0.2, -0.15) is 0 Å². The van der Waals surface area contributed by atoms with E-state index in [4.69, 9.17) is 10.5 Å². The van der Waals surface area contributed by atoms with Crippen LogP contribution in [0, 0.1) is 11.8 Å². The topological polar surface area (TPSA) is 110 Å². The Morgan fingerprint density at radius 3 is 2.92 bits per heavy atom. The van der Waals surface area contributed by atoms with Crippen molar-refractivity contribution in [3.63, 3.8) is 0 Å². The maximum absolute atomic E-state index is 12.4. The van der Waals surface area contributed by atoms with Gasteiger partial charge in [-0.15, -0.1) is 11.8 Å². The van der Waals surface area contributed by atoms with Crippen LogP contribution in [-0.2, 0) is 19.1 Å². The van der Waals surface area contributed by atoms with E-state index in [2.05, 4.69) is 0 Å². The number of allylic oxidation sites excluding steroid dienone is 1. The fourth-order valence-corrected chi connectivity index (χ4v) is 4.66. The van der Waals surface area contributed by atoms with Crippen LogP contribution in [0.1, 0.15) is 26.2 Å². The van der Waals surface area contributed by atoms with Crippen molar-refractivity contribution in [3.8, 4) is 0 Å². The van der Waals surface area contributed by atoms with Crippen LogP contribution in [0.2, 0.25) is 0 Å². The van der Waals surface area contributed by atoms with Crippen molar-refractivity contribution in [2.75, 3.05) is 6.61 Å². The Morgan fingerprint density at radius 1 is 1.50 bits per heavy atom. The molecule has 3 unspecified atom stereocenters. The molecule has 0 aromatic carbocycles. The lowest BCUT2D eigenvalue weighted by Gasteiger charge is -2.45. The lowest BCUT2D eigenvalue weighted by atomic mass is 9.75. The molecule has 2 heterocycles. The van der Waals surface area contributed by atoms with Crippen molar-refractivity contribution in [1.82, 2.24) is 4.90 Å². The van der Waals surface area contributed by atoms with Crippen molar-refractivity contribution in [2.45, 2.75) is 36.9 Å². The van der Waals surface area contributed by atoms with Crippen molar-refractivity contribution in [2.24, 2.45) is 17.6 Å². The van der Waals surface area contributed by atoms with Crippen LogP contribution in [0.25, 0.3) is 0 Å². The van der Waals surface area contributed by atoms with Gasteiger partial charge >= 0.3 is 11.9 Å². The number of β-lactam (4-membered cyclic amide) rings is 1. The molecule has 0 radical (unpaired) electrons. The van der Waals surface area contributed by atoms with Crippen LogP contribution >= 0.6 is 11.8 Å². The molecule has 1 saturated heterocycles. The number of amides is 1. The summed E-state index contributed by atoms with van der Waals surface area (Å²) in [5.41, 5.74) is 7.63. The molecule has 4 atom stereocenters. The molecule has 0 aromatic rings. The highest BCUT2D eigenvalue weighted by Crippen LogP contribution is 2.45. The summed E-state index contributed by atoms with van der Waals surface area (Å²) < 4.78 is 5.04. The predicted octanol–water partition coefficient (Wildman–Crippen LogP) is 1.06. The van der Waals surface area contributed by atoms with Crippen molar-refractivity contribution < 1.29 is 24.2 Å². The molecule has 2 aliphatic heterocycles. The summed E-state index contributed by atoms with van der Waals surface area (Å²) in [6.07, 6.45) is 5.00. The lowest BCUT2D eigenvalue weighted by molar-refractivity contribution is -0.150. The molecule has 7 nitrogen and oxygen atoms in total. The average molecular weight is 352 g/mol. The number of carbonyl (C=O) groups is 3. The third-order valence-corrected chi connectivity index (χ3v) is 5.91. The molecule has 1 saturated carbocycles. The summed E-state index contributed by atoms with van der Waals surface area (Å²) in [6.45, 7) is 1.37. The number of carbonyl (C=O) groups excluding carboxylic acids is 2. The summed E-state index contributed by atoms with van der Waals surface area (Å²) in [6, 6.07) is 0. The summed E-state index contributed by atoms with van der Waals surface area (Å²) >= 11 is 1.50. The highest BCUT2D eigenvalue weighted by Gasteiger charge is 2.47. The first-order valence-corrected chi connectivity index (χ1v) is 8.83. The lowest BCUT2D eigenvalue weighted by Crippen LogP contribution is -2.54. The van der Waals surface area contributed by atoms with Crippen LogP contribution in [0.3, 0.4) is 0 Å². The monoisotopic (exact) mass is 352 g/mol. The molecule has 3 N–H and O–H groups in total. The summed E-state index contributed by atoms with van der Waals surface area (Å²) in [7, 11) is 0. The van der Waals surface area contributed by atoms with E-state index in [1.165, 1.54) is 18.7 Å². The molecule has 8 heteroatoms. The quantitative estimate of drug-likeness (QED) is 0.444. The zero-order valence-corrected chi connectivity index (χ0v) is 14.1. The van der Waals surface area contributed by atoms with E-state index < -0.39 is 17.9 Å². The summed E-state index contributed by atoms with van der Waals surface area (Å²) in [5.74, 6) is -2.20. The van der Waals surface area contributed by atoms with Gasteiger partial charge in [-0.1, -0.05) is 5.57 Å². The van der Waals surface area contributed by atoms with Gasteiger partial charge in [0.15, 0.2) is 0 Å². The summed E-state index contributed by atoms with van der Waals surface area (Å²) in [4.78, 5) is 36.5. The first-order valence-electron chi connectivity index (χ1n) is 7.88. The van der Waals surface area contributed by atoms with Crippen LogP contribution in [0.5, 0.6) is 0 Å². The second-order valence-corrected chi connectivity index (χ2v) is 7.54. The van der Waals surface area contributed by atoms with E-state index in [-0.39, 0.29) is 29.2 Å². The van der Waals surface area contributed by atoms with Gasteiger partial charge in [-0.05, 0) is 25.3 Å². The zero-order valence-electron chi connectivity index (χ0n) is 13.3. The molecular formula is C16H20N2O5S. The van der Waals surface area contributed by atoms with E-state index in [9.17, 15) is 19.5 Å². The van der Waals surface area contributed by atoms with Crippen molar-refractivity contribution in [1.29, 1.82) is 0 Å². The Labute approximate surface area is 143 Å². The minimum Gasteiger partial charge on any atom is -0.481 e. The number of nitrogens with zero attached hydrogens (tertiary/aromatic N) is 1. The number of hydrogen-bond donors (Lipinski definition) is 2. The fourth-order valence-electron chi connectivity index (χ4n) is 3.50. The standard InChI is InChI=1S/C16H20N2O5S/c1-8(19)23-7-10-6-9(2-3-11(10)16(21)22)13-14(20)18-5-4-12(17)24-15(13)18/h4-5,10-12,15H,2-3,6-7,17H2,1H3,(H,21,22)/t10?,11?,12?,15-/m1/s1.